The molecular formula is C28H31F2N3O5. The van der Waals surface area contributed by atoms with Gasteiger partial charge in [-0.3, -0.25) is 4.79 Å². The molecule has 0 spiro atoms. The van der Waals surface area contributed by atoms with E-state index in [1.165, 1.54) is 17.0 Å². The zero-order valence-corrected chi connectivity index (χ0v) is 21.2. The minimum absolute atomic E-state index is 0.0867. The number of hydrogen-bond acceptors (Lipinski definition) is 7. The van der Waals surface area contributed by atoms with E-state index in [0.29, 0.717) is 31.4 Å². The number of ketones is 1. The van der Waals surface area contributed by atoms with Crippen molar-refractivity contribution in [3.05, 3.63) is 59.7 Å². The third kappa shape index (κ3) is 4.67. The van der Waals surface area contributed by atoms with Crippen molar-refractivity contribution in [1.29, 1.82) is 0 Å². The summed E-state index contributed by atoms with van der Waals surface area (Å²) in [4.78, 5) is 31.9. The number of oxazole rings is 1. The summed E-state index contributed by atoms with van der Waals surface area (Å²) < 4.78 is 44.1. The molecule has 2 atom stereocenters. The second-order valence-corrected chi connectivity index (χ2v) is 10.1. The van der Waals surface area contributed by atoms with Crippen LogP contribution in [0.4, 0.5) is 14.5 Å². The van der Waals surface area contributed by atoms with Crippen molar-refractivity contribution in [1.82, 2.24) is 9.88 Å². The molecule has 202 valence electrons. The number of Topliss-reactive ketones (excluding diaryl/α,β-unsaturated/α-hetero) is 1. The van der Waals surface area contributed by atoms with Crippen LogP contribution in [0, 0.1) is 12.7 Å². The molecule has 1 saturated heterocycles. The number of fused-ring (bicyclic) bond motifs is 1. The number of aliphatic carboxylic acids is 1. The van der Waals surface area contributed by atoms with Crippen LogP contribution in [-0.4, -0.2) is 51.4 Å². The van der Waals surface area contributed by atoms with Gasteiger partial charge in [0.1, 0.15) is 11.6 Å². The Hall–Kier alpha value is -3.37. The average Bonchev–Trinajstić information content (AvgIpc) is 3.62. The number of likely N-dealkylation sites (tertiary alicyclic amines) is 1. The van der Waals surface area contributed by atoms with Gasteiger partial charge in [0.25, 0.3) is 0 Å². The summed E-state index contributed by atoms with van der Waals surface area (Å²) in [5.74, 6) is -6.38. The van der Waals surface area contributed by atoms with E-state index in [-0.39, 0.29) is 42.6 Å². The van der Waals surface area contributed by atoms with Crippen molar-refractivity contribution in [2.45, 2.75) is 69.5 Å². The fourth-order valence-corrected chi connectivity index (χ4v) is 5.50. The van der Waals surface area contributed by atoms with Gasteiger partial charge in [-0.1, -0.05) is 30.7 Å². The quantitative estimate of drug-likeness (QED) is 0.351. The number of halogens is 2. The first-order valence-corrected chi connectivity index (χ1v) is 13.0. The van der Waals surface area contributed by atoms with Gasteiger partial charge in [0, 0.05) is 24.3 Å². The molecule has 1 aliphatic heterocycles. The topological polar surface area (TPSA) is 105 Å². The lowest BCUT2D eigenvalue weighted by atomic mass is 9.84. The van der Waals surface area contributed by atoms with Crippen LogP contribution in [0.15, 0.2) is 47.2 Å². The molecule has 0 bridgehead atoms. The highest BCUT2D eigenvalue weighted by Gasteiger charge is 2.57. The summed E-state index contributed by atoms with van der Waals surface area (Å²) in [6.45, 7) is 2.22. The van der Waals surface area contributed by atoms with Crippen LogP contribution in [0.25, 0.3) is 11.1 Å². The Bertz CT molecular complexity index is 1330. The summed E-state index contributed by atoms with van der Waals surface area (Å²) in [7, 11) is 0. The van der Waals surface area contributed by atoms with Crippen molar-refractivity contribution in [3.63, 3.8) is 0 Å². The standard InChI is InChI=1S/C28H31F2N3O5/c1-18-9-3-4-10-20(18)32-23(19-11-12-21-24(22(19)29)37-17-31-21)25(34)28(30,33-15-7-8-16-33)38-27(26(35)36)13-5-2-6-14-27/h3-4,9-12,17,23,32H,2,5-8,13-16H2,1H3,(H,35,36). The summed E-state index contributed by atoms with van der Waals surface area (Å²) in [5.41, 5.74) is -0.661. The lowest BCUT2D eigenvalue weighted by Crippen LogP contribution is -2.61. The number of aromatic nitrogens is 1. The van der Waals surface area contributed by atoms with E-state index in [9.17, 15) is 14.7 Å². The molecule has 1 aromatic heterocycles. The molecule has 5 rings (SSSR count). The van der Waals surface area contributed by atoms with Crippen LogP contribution < -0.4 is 5.32 Å². The molecular weight excluding hydrogens is 496 g/mol. The molecule has 2 heterocycles. The Kier molecular flexibility index (Phi) is 7.19. The summed E-state index contributed by atoms with van der Waals surface area (Å²) in [6.07, 6.45) is 4.39. The van der Waals surface area contributed by atoms with Gasteiger partial charge in [-0.05, 0) is 63.1 Å². The number of nitrogens with zero attached hydrogens (tertiary/aromatic N) is 2. The highest BCUT2D eigenvalue weighted by molar-refractivity contribution is 5.95. The Morgan fingerprint density at radius 2 is 1.84 bits per heavy atom. The van der Waals surface area contributed by atoms with E-state index in [1.54, 1.807) is 25.1 Å². The van der Waals surface area contributed by atoms with E-state index < -0.39 is 35.2 Å². The minimum atomic E-state index is -3.10. The van der Waals surface area contributed by atoms with Crippen LogP contribution in [-0.2, 0) is 14.3 Å². The maximum atomic E-state index is 17.3. The molecule has 2 aliphatic rings. The number of hydrogen-bond donors (Lipinski definition) is 2. The van der Waals surface area contributed by atoms with Crippen molar-refractivity contribution < 1.29 is 32.6 Å². The number of carboxylic acid groups (broad SMARTS) is 1. The van der Waals surface area contributed by atoms with Gasteiger partial charge >= 0.3 is 11.9 Å². The van der Waals surface area contributed by atoms with E-state index in [0.717, 1.165) is 18.4 Å². The number of carbonyl (C=O) groups excluding carboxylic acids is 1. The largest absolute Gasteiger partial charge is 0.479 e. The Balaban J connectivity index is 1.62. The van der Waals surface area contributed by atoms with Gasteiger partial charge in [-0.2, -0.15) is 4.39 Å². The zero-order chi connectivity index (χ0) is 26.9. The molecule has 0 amide bonds. The third-order valence-corrected chi connectivity index (χ3v) is 7.68. The number of anilines is 1. The predicted octanol–water partition coefficient (Wildman–Crippen LogP) is 5.52. The number of benzene rings is 2. The number of nitrogens with one attached hydrogen (secondary N) is 1. The van der Waals surface area contributed by atoms with E-state index >= 15 is 8.78 Å². The second kappa shape index (κ2) is 10.4. The van der Waals surface area contributed by atoms with Gasteiger partial charge in [0.2, 0.25) is 5.78 Å². The van der Waals surface area contributed by atoms with Crippen molar-refractivity contribution >= 4 is 28.5 Å². The Morgan fingerprint density at radius 1 is 1.13 bits per heavy atom. The van der Waals surface area contributed by atoms with Crippen LogP contribution >= 0.6 is 0 Å². The van der Waals surface area contributed by atoms with Gasteiger partial charge in [-0.25, -0.2) is 19.1 Å². The average molecular weight is 528 g/mol. The van der Waals surface area contributed by atoms with Gasteiger partial charge in [0.15, 0.2) is 23.4 Å². The molecule has 2 N–H and O–H groups in total. The second-order valence-electron chi connectivity index (χ2n) is 10.1. The highest BCUT2D eigenvalue weighted by atomic mass is 19.2. The fourth-order valence-electron chi connectivity index (χ4n) is 5.50. The number of carboxylic acids is 1. The summed E-state index contributed by atoms with van der Waals surface area (Å²) in [5, 5.41) is 13.1. The molecule has 1 aliphatic carbocycles. The summed E-state index contributed by atoms with van der Waals surface area (Å²) in [6, 6.07) is 8.38. The molecule has 2 aromatic carbocycles. The highest BCUT2D eigenvalue weighted by Crippen LogP contribution is 2.42. The minimum Gasteiger partial charge on any atom is -0.479 e. The van der Waals surface area contributed by atoms with Crippen LogP contribution in [0.3, 0.4) is 0 Å². The Labute approximate surface area is 219 Å². The van der Waals surface area contributed by atoms with Crippen LogP contribution in [0.5, 0.6) is 0 Å². The Morgan fingerprint density at radius 3 is 2.53 bits per heavy atom. The predicted molar refractivity (Wildman–Crippen MR) is 136 cm³/mol. The summed E-state index contributed by atoms with van der Waals surface area (Å²) >= 11 is 0. The number of aryl methyl sites for hydroxylation is 1. The van der Waals surface area contributed by atoms with Crippen molar-refractivity contribution in [3.8, 4) is 0 Å². The fraction of sp³-hybridized carbons (Fsp3) is 0.464. The number of carbonyl (C=O) groups is 2. The number of alkyl halides is 1. The number of rotatable bonds is 9. The molecule has 38 heavy (non-hydrogen) atoms. The first-order valence-electron chi connectivity index (χ1n) is 13.0. The SMILES string of the molecule is Cc1ccccc1NC(C(=O)C(F)(OC1(C(=O)O)CCCCC1)N1CCCC1)c1ccc2ncoc2c1F. The molecule has 2 unspecified atom stereocenters. The molecule has 1 saturated carbocycles. The third-order valence-electron chi connectivity index (χ3n) is 7.68. The van der Waals surface area contributed by atoms with E-state index in [2.05, 4.69) is 10.3 Å². The van der Waals surface area contributed by atoms with Gasteiger partial charge in [-0.15, -0.1) is 0 Å². The normalized spacial score (nSPS) is 20.2. The smallest absolute Gasteiger partial charge is 0.336 e. The molecule has 8 nitrogen and oxygen atoms in total. The van der Waals surface area contributed by atoms with Crippen LogP contribution in [0.2, 0.25) is 0 Å². The van der Waals surface area contributed by atoms with Crippen molar-refractivity contribution in [2.24, 2.45) is 0 Å². The van der Waals surface area contributed by atoms with E-state index in [1.807, 2.05) is 6.07 Å². The van der Waals surface area contributed by atoms with Gasteiger partial charge < -0.3 is 19.6 Å². The maximum absolute atomic E-state index is 17.3. The zero-order valence-electron chi connectivity index (χ0n) is 21.2. The molecule has 0 radical (unpaired) electrons. The number of ether oxygens (including phenoxy) is 1. The monoisotopic (exact) mass is 527 g/mol. The molecule has 10 heteroatoms. The lowest BCUT2D eigenvalue weighted by molar-refractivity contribution is -0.281. The number of para-hydroxylation sites is 1. The molecule has 3 aromatic rings. The van der Waals surface area contributed by atoms with Gasteiger partial charge in [0.05, 0.1) is 0 Å². The molecule has 2 fully saturated rings. The first-order chi connectivity index (χ1) is 18.2. The van der Waals surface area contributed by atoms with E-state index in [4.69, 9.17) is 9.15 Å². The first kappa shape index (κ1) is 26.2. The maximum Gasteiger partial charge on any atom is 0.336 e. The van der Waals surface area contributed by atoms with Crippen molar-refractivity contribution in [2.75, 3.05) is 18.4 Å². The van der Waals surface area contributed by atoms with Crippen LogP contribution in [0.1, 0.15) is 62.1 Å². The lowest BCUT2D eigenvalue weighted by Gasteiger charge is -2.43.